The molecule has 0 aliphatic heterocycles. The van der Waals surface area contributed by atoms with Gasteiger partial charge in [0.15, 0.2) is 0 Å². The van der Waals surface area contributed by atoms with Crippen LogP contribution in [0.2, 0.25) is 0 Å². The van der Waals surface area contributed by atoms with Crippen molar-refractivity contribution >= 4 is 17.6 Å². The minimum atomic E-state index is -2.94. The second-order valence-electron chi connectivity index (χ2n) is 2.77. The fraction of sp³-hybridized carbons (Fsp3) is 0.222. The van der Waals surface area contributed by atoms with Crippen molar-refractivity contribution in [2.24, 2.45) is 0 Å². The smallest absolute Gasteiger partial charge is 0.337 e. The zero-order valence-electron chi connectivity index (χ0n) is 7.75. The maximum Gasteiger partial charge on any atom is 0.337 e. The quantitative estimate of drug-likeness (QED) is 0.831. The predicted molar refractivity (Wildman–Crippen MR) is 50.4 cm³/mol. The molecule has 16 heavy (non-hydrogen) atoms. The predicted octanol–water partition coefficient (Wildman–Crippen LogP) is 2.33. The molecule has 0 atom stereocenters. The molecule has 0 radical (unpaired) electrons. The summed E-state index contributed by atoms with van der Waals surface area (Å²) in [5.41, 5.74) is -1.72. The number of pyridine rings is 1. The lowest BCUT2D eigenvalue weighted by molar-refractivity contribution is 0.0694. The number of hydrogen-bond donors (Lipinski definition) is 1. The molecule has 0 aromatic carbocycles. The normalized spacial score (nSPS) is 10.2. The molecule has 1 aromatic heterocycles. The number of nitriles is 1. The molecule has 0 unspecified atom stereocenters. The van der Waals surface area contributed by atoms with Crippen LogP contribution >= 0.6 is 11.6 Å². The van der Waals surface area contributed by atoms with Crippen LogP contribution in [0.1, 0.15) is 33.7 Å². The van der Waals surface area contributed by atoms with Crippen molar-refractivity contribution in [2.75, 3.05) is 0 Å². The van der Waals surface area contributed by atoms with Gasteiger partial charge in [0.05, 0.1) is 22.7 Å². The molecule has 0 saturated heterocycles. The summed E-state index contributed by atoms with van der Waals surface area (Å²) < 4.78 is 24.9. The van der Waals surface area contributed by atoms with Gasteiger partial charge in [0, 0.05) is 0 Å². The number of carbonyl (C=O) groups is 1. The first kappa shape index (κ1) is 12.3. The van der Waals surface area contributed by atoms with Crippen molar-refractivity contribution in [3.63, 3.8) is 0 Å². The van der Waals surface area contributed by atoms with Crippen molar-refractivity contribution in [3.8, 4) is 6.07 Å². The van der Waals surface area contributed by atoms with Gasteiger partial charge in [-0.3, -0.25) is 0 Å². The van der Waals surface area contributed by atoms with Crippen LogP contribution in [-0.4, -0.2) is 16.1 Å². The molecule has 0 bridgehead atoms. The molecule has 1 heterocycles. The minimum Gasteiger partial charge on any atom is -0.478 e. The summed E-state index contributed by atoms with van der Waals surface area (Å²) in [6, 6.07) is 2.33. The second kappa shape index (κ2) is 4.86. The largest absolute Gasteiger partial charge is 0.478 e. The monoisotopic (exact) mass is 246 g/mol. The van der Waals surface area contributed by atoms with Crippen molar-refractivity contribution < 1.29 is 18.7 Å². The average molecular weight is 247 g/mol. The first-order valence-electron chi connectivity index (χ1n) is 4.02. The Labute approximate surface area is 94.1 Å². The van der Waals surface area contributed by atoms with E-state index in [1.807, 2.05) is 0 Å². The first-order valence-corrected chi connectivity index (χ1v) is 4.56. The van der Waals surface area contributed by atoms with Gasteiger partial charge in [-0.2, -0.15) is 5.26 Å². The summed E-state index contributed by atoms with van der Waals surface area (Å²) in [7, 11) is 0. The zero-order valence-corrected chi connectivity index (χ0v) is 8.50. The summed E-state index contributed by atoms with van der Waals surface area (Å²) in [6.45, 7) is 0. The van der Waals surface area contributed by atoms with Gasteiger partial charge < -0.3 is 5.11 Å². The highest BCUT2D eigenvalue weighted by atomic mass is 35.5. The van der Waals surface area contributed by atoms with E-state index in [-0.39, 0.29) is 17.1 Å². The third-order valence-electron chi connectivity index (χ3n) is 1.82. The third-order valence-corrected chi connectivity index (χ3v) is 2.07. The van der Waals surface area contributed by atoms with Crippen molar-refractivity contribution in [1.82, 2.24) is 4.98 Å². The fourth-order valence-electron chi connectivity index (χ4n) is 1.11. The Balaban J connectivity index is 3.48. The summed E-state index contributed by atoms with van der Waals surface area (Å²) in [6.07, 6.45) is -2.94. The van der Waals surface area contributed by atoms with Gasteiger partial charge in [-0.1, -0.05) is 0 Å². The number of carboxylic acids is 1. The lowest BCUT2D eigenvalue weighted by atomic mass is 10.1. The Bertz CT molecular complexity index is 471. The molecule has 7 heteroatoms. The summed E-state index contributed by atoms with van der Waals surface area (Å²) in [4.78, 5) is 14.1. The molecule has 0 aliphatic carbocycles. The van der Waals surface area contributed by atoms with Crippen LogP contribution in [0.15, 0.2) is 6.07 Å². The van der Waals surface area contributed by atoms with Crippen LogP contribution in [0.3, 0.4) is 0 Å². The van der Waals surface area contributed by atoms with Crippen LogP contribution < -0.4 is 0 Å². The molecular weight excluding hydrogens is 242 g/mol. The number of rotatable bonds is 3. The molecule has 4 nitrogen and oxygen atoms in total. The number of aromatic carboxylic acids is 1. The number of halogens is 3. The lowest BCUT2D eigenvalue weighted by Crippen LogP contribution is -2.08. The molecule has 0 amide bonds. The van der Waals surface area contributed by atoms with Crippen molar-refractivity contribution in [1.29, 1.82) is 5.26 Å². The highest BCUT2D eigenvalue weighted by molar-refractivity contribution is 6.17. The molecule has 0 spiro atoms. The number of hydrogen-bond acceptors (Lipinski definition) is 3. The van der Waals surface area contributed by atoms with E-state index in [2.05, 4.69) is 4.98 Å². The molecular formula is C9H5ClF2N2O2. The summed E-state index contributed by atoms with van der Waals surface area (Å²) >= 11 is 5.39. The fourth-order valence-corrected chi connectivity index (χ4v) is 1.31. The molecule has 1 aromatic rings. The van der Waals surface area contributed by atoms with E-state index in [1.165, 1.54) is 6.07 Å². The topological polar surface area (TPSA) is 74.0 Å². The second-order valence-corrected chi connectivity index (χ2v) is 3.03. The van der Waals surface area contributed by atoms with Crippen molar-refractivity contribution in [2.45, 2.75) is 12.3 Å². The highest BCUT2D eigenvalue weighted by Gasteiger charge is 2.21. The molecule has 0 aliphatic rings. The Hall–Kier alpha value is -1.74. The van der Waals surface area contributed by atoms with E-state index in [1.54, 1.807) is 0 Å². The third kappa shape index (κ3) is 2.25. The van der Waals surface area contributed by atoms with Crippen molar-refractivity contribution in [3.05, 3.63) is 28.6 Å². The van der Waals surface area contributed by atoms with Gasteiger partial charge in [0.25, 0.3) is 6.43 Å². The van der Waals surface area contributed by atoms with Gasteiger partial charge in [-0.25, -0.2) is 18.6 Å². The molecule has 1 rings (SSSR count). The Morgan fingerprint density at radius 1 is 1.69 bits per heavy atom. The standard InChI is InChI=1S/C9H5ClF2N2O2/c10-2-6-5(9(15)16)1-4(3-13)7(14-6)8(11)12/h1,8H,2H2,(H,15,16). The van der Waals surface area contributed by atoms with Crippen LogP contribution in [0.25, 0.3) is 0 Å². The van der Waals surface area contributed by atoms with E-state index in [0.717, 1.165) is 6.07 Å². The van der Waals surface area contributed by atoms with Gasteiger partial charge in [0.1, 0.15) is 11.8 Å². The molecule has 1 N–H and O–H groups in total. The van der Waals surface area contributed by atoms with Gasteiger partial charge in [-0.15, -0.1) is 11.6 Å². The van der Waals surface area contributed by atoms with Crippen LogP contribution in [0.4, 0.5) is 8.78 Å². The SMILES string of the molecule is N#Cc1cc(C(=O)O)c(CCl)nc1C(F)F. The number of alkyl halides is 3. The maximum atomic E-state index is 12.5. The number of nitrogens with zero attached hydrogens (tertiary/aromatic N) is 2. The van der Waals surface area contributed by atoms with E-state index in [4.69, 9.17) is 22.0 Å². The summed E-state index contributed by atoms with van der Waals surface area (Å²) in [5.74, 6) is -1.67. The van der Waals surface area contributed by atoms with Gasteiger partial charge in [-0.05, 0) is 6.07 Å². The van der Waals surface area contributed by atoms with E-state index in [9.17, 15) is 13.6 Å². The van der Waals surface area contributed by atoms with E-state index < -0.39 is 23.7 Å². The average Bonchev–Trinajstić information content (AvgIpc) is 2.26. The van der Waals surface area contributed by atoms with Crippen LogP contribution in [0.5, 0.6) is 0 Å². The zero-order chi connectivity index (χ0) is 12.3. The number of aromatic nitrogens is 1. The minimum absolute atomic E-state index is 0.177. The molecule has 0 fully saturated rings. The molecule has 84 valence electrons. The molecule has 0 saturated carbocycles. The van der Waals surface area contributed by atoms with Gasteiger partial charge >= 0.3 is 5.97 Å². The Morgan fingerprint density at radius 2 is 2.31 bits per heavy atom. The van der Waals surface area contributed by atoms with E-state index in [0.29, 0.717) is 0 Å². The van der Waals surface area contributed by atoms with E-state index >= 15 is 0 Å². The van der Waals surface area contributed by atoms with Gasteiger partial charge in [0.2, 0.25) is 0 Å². The van der Waals surface area contributed by atoms with Crippen LogP contribution in [0, 0.1) is 11.3 Å². The summed E-state index contributed by atoms with van der Waals surface area (Å²) in [5, 5.41) is 17.3. The Morgan fingerprint density at radius 3 is 2.69 bits per heavy atom. The number of carboxylic acid groups (broad SMARTS) is 1. The lowest BCUT2D eigenvalue weighted by Gasteiger charge is -2.07. The maximum absolute atomic E-state index is 12.5. The van der Waals surface area contributed by atoms with Crippen LogP contribution in [-0.2, 0) is 5.88 Å². The Kier molecular flexibility index (Phi) is 3.74. The highest BCUT2D eigenvalue weighted by Crippen LogP contribution is 2.23. The first-order chi connectivity index (χ1) is 7.51.